The molecule has 5 rings (SSSR count). The molecule has 1 aromatic carbocycles. The molecule has 0 atom stereocenters. The fourth-order valence-corrected chi connectivity index (χ4v) is 5.35. The van der Waals surface area contributed by atoms with Gasteiger partial charge >= 0.3 is 0 Å². The Bertz CT molecular complexity index is 1340. The predicted molar refractivity (Wildman–Crippen MR) is 122 cm³/mol. The first-order chi connectivity index (χ1) is 15.1. The zero-order valence-corrected chi connectivity index (χ0v) is 17.8. The number of thiophene rings is 1. The number of nitrogens with zero attached hydrogens (tertiary/aromatic N) is 4. The van der Waals surface area contributed by atoms with E-state index in [9.17, 15) is 9.18 Å². The van der Waals surface area contributed by atoms with Crippen molar-refractivity contribution in [3.63, 3.8) is 0 Å². The molecule has 3 heterocycles. The highest BCUT2D eigenvalue weighted by atomic mass is 32.1. The van der Waals surface area contributed by atoms with E-state index in [4.69, 9.17) is 4.98 Å². The molecular weight excluding hydrogens is 413 g/mol. The molecule has 1 aliphatic carbocycles. The average molecular weight is 436 g/mol. The Balaban J connectivity index is 1.49. The molecule has 6 nitrogen and oxygen atoms in total. The molecule has 0 saturated heterocycles. The quantitative estimate of drug-likeness (QED) is 0.448. The maximum absolute atomic E-state index is 13.4. The lowest BCUT2D eigenvalue weighted by molar-refractivity contribution is 0.619. The largest absolute Gasteiger partial charge is 0.323 e. The summed E-state index contributed by atoms with van der Waals surface area (Å²) in [5.41, 5.74) is 2.68. The van der Waals surface area contributed by atoms with Crippen molar-refractivity contribution < 1.29 is 4.39 Å². The fourth-order valence-electron chi connectivity index (χ4n) is 4.10. The van der Waals surface area contributed by atoms with Crippen molar-refractivity contribution in [3.8, 4) is 0 Å². The van der Waals surface area contributed by atoms with Gasteiger partial charge in [0.25, 0.3) is 5.56 Å². The zero-order chi connectivity index (χ0) is 21.4. The van der Waals surface area contributed by atoms with Crippen LogP contribution in [0.3, 0.4) is 0 Å². The Morgan fingerprint density at radius 3 is 3.00 bits per heavy atom. The number of halogens is 1. The highest BCUT2D eigenvalue weighted by molar-refractivity contribution is 7.18. The van der Waals surface area contributed by atoms with E-state index in [1.54, 1.807) is 38.9 Å². The van der Waals surface area contributed by atoms with Crippen molar-refractivity contribution in [2.24, 2.45) is 0 Å². The smallest absolute Gasteiger partial charge is 0.264 e. The van der Waals surface area contributed by atoms with Crippen molar-refractivity contribution in [1.82, 2.24) is 19.3 Å². The van der Waals surface area contributed by atoms with Gasteiger partial charge < -0.3 is 5.32 Å². The minimum atomic E-state index is -0.271. The Morgan fingerprint density at radius 1 is 1.29 bits per heavy atom. The van der Waals surface area contributed by atoms with Crippen molar-refractivity contribution in [2.75, 3.05) is 5.32 Å². The third-order valence-electron chi connectivity index (χ3n) is 5.51. The van der Waals surface area contributed by atoms with Gasteiger partial charge in [-0.05, 0) is 48.9 Å². The van der Waals surface area contributed by atoms with Gasteiger partial charge in [-0.25, -0.2) is 9.37 Å². The maximum atomic E-state index is 13.4. The molecule has 1 aliphatic rings. The summed E-state index contributed by atoms with van der Waals surface area (Å²) in [7, 11) is 0. The van der Waals surface area contributed by atoms with Crippen LogP contribution in [0.25, 0.3) is 10.2 Å². The Kier molecular flexibility index (Phi) is 5.15. The second-order valence-electron chi connectivity index (χ2n) is 7.71. The third kappa shape index (κ3) is 3.79. The van der Waals surface area contributed by atoms with Crippen molar-refractivity contribution >= 4 is 33.2 Å². The summed E-state index contributed by atoms with van der Waals surface area (Å²) in [6.07, 6.45) is 9.44. The molecule has 0 fully saturated rings. The topological polar surface area (TPSA) is 64.7 Å². The molecule has 1 N–H and O–H groups in total. The van der Waals surface area contributed by atoms with E-state index in [-0.39, 0.29) is 11.4 Å². The number of aryl methyl sites for hydroxylation is 2. The fraction of sp³-hybridized carbons (Fsp3) is 0.261. The van der Waals surface area contributed by atoms with Crippen molar-refractivity contribution in [3.05, 3.63) is 81.5 Å². The lowest BCUT2D eigenvalue weighted by Gasteiger charge is -2.13. The molecule has 3 aromatic heterocycles. The second-order valence-corrected chi connectivity index (χ2v) is 8.80. The summed E-state index contributed by atoms with van der Waals surface area (Å²) in [5, 5.41) is 8.35. The molecule has 31 heavy (non-hydrogen) atoms. The predicted octanol–water partition coefficient (Wildman–Crippen LogP) is 4.65. The van der Waals surface area contributed by atoms with Gasteiger partial charge in [0, 0.05) is 17.6 Å². The lowest BCUT2D eigenvalue weighted by Crippen LogP contribution is -2.24. The van der Waals surface area contributed by atoms with Gasteiger partial charge in [-0.15, -0.1) is 17.9 Å². The SMILES string of the molecule is C=CCn1c(Nc2cnn(Cc3cccc(F)c3)c2)nc2sc3c(c2c1=O)CCCC3. The minimum Gasteiger partial charge on any atom is -0.323 e. The molecule has 0 spiro atoms. The average Bonchev–Trinajstić information content (AvgIpc) is 3.34. The molecular formula is C23H22FN5OS. The summed E-state index contributed by atoms with van der Waals surface area (Å²) >= 11 is 1.63. The van der Waals surface area contributed by atoms with Crippen LogP contribution >= 0.6 is 11.3 Å². The second kappa shape index (κ2) is 8.11. The van der Waals surface area contributed by atoms with E-state index in [0.29, 0.717) is 24.7 Å². The molecule has 0 aliphatic heterocycles. The summed E-state index contributed by atoms with van der Waals surface area (Å²) in [6.45, 7) is 4.61. The van der Waals surface area contributed by atoms with E-state index in [1.807, 2.05) is 12.3 Å². The van der Waals surface area contributed by atoms with Crippen LogP contribution in [-0.4, -0.2) is 19.3 Å². The van der Waals surface area contributed by atoms with Gasteiger partial charge in [0.05, 0.1) is 23.8 Å². The lowest BCUT2D eigenvalue weighted by atomic mass is 9.97. The van der Waals surface area contributed by atoms with E-state index in [0.717, 1.165) is 41.5 Å². The summed E-state index contributed by atoms with van der Waals surface area (Å²) in [6, 6.07) is 6.45. The van der Waals surface area contributed by atoms with E-state index < -0.39 is 0 Å². The standard InChI is InChI=1S/C23H22FN5OS/c1-2-10-29-22(30)20-18-8-3-4-9-19(18)31-21(20)27-23(29)26-17-12-25-28(14-17)13-15-6-5-7-16(24)11-15/h2,5-7,11-12,14H,1,3-4,8-10,13H2,(H,26,27). The molecule has 8 heteroatoms. The highest BCUT2D eigenvalue weighted by Gasteiger charge is 2.22. The van der Waals surface area contributed by atoms with Crippen LogP contribution in [0, 0.1) is 5.82 Å². The molecule has 0 saturated carbocycles. The molecule has 0 amide bonds. The number of hydrogen-bond acceptors (Lipinski definition) is 5. The highest BCUT2D eigenvalue weighted by Crippen LogP contribution is 2.34. The van der Waals surface area contributed by atoms with Crippen molar-refractivity contribution in [2.45, 2.75) is 38.8 Å². The van der Waals surface area contributed by atoms with Gasteiger partial charge in [-0.3, -0.25) is 14.0 Å². The Morgan fingerprint density at radius 2 is 2.16 bits per heavy atom. The van der Waals surface area contributed by atoms with Crippen LogP contribution in [-0.2, 0) is 25.9 Å². The Hall–Kier alpha value is -3.26. The molecule has 0 unspecified atom stereocenters. The van der Waals surface area contributed by atoms with Gasteiger partial charge in [0.1, 0.15) is 10.6 Å². The number of allylic oxidation sites excluding steroid dienone is 1. The number of fused-ring (bicyclic) bond motifs is 3. The number of benzene rings is 1. The van der Waals surface area contributed by atoms with Crippen LogP contribution in [0.1, 0.15) is 28.8 Å². The first-order valence-electron chi connectivity index (χ1n) is 10.3. The van der Waals surface area contributed by atoms with Crippen LogP contribution < -0.4 is 10.9 Å². The third-order valence-corrected chi connectivity index (χ3v) is 6.70. The van der Waals surface area contributed by atoms with Crippen LogP contribution in [0.2, 0.25) is 0 Å². The van der Waals surface area contributed by atoms with Gasteiger partial charge in [-0.2, -0.15) is 5.10 Å². The van der Waals surface area contributed by atoms with E-state index >= 15 is 0 Å². The summed E-state index contributed by atoms with van der Waals surface area (Å²) < 4.78 is 16.8. The van der Waals surface area contributed by atoms with Crippen LogP contribution in [0.5, 0.6) is 0 Å². The van der Waals surface area contributed by atoms with Gasteiger partial charge in [-0.1, -0.05) is 18.2 Å². The van der Waals surface area contributed by atoms with E-state index in [1.165, 1.54) is 22.6 Å². The summed E-state index contributed by atoms with van der Waals surface area (Å²) in [5.74, 6) is 0.203. The minimum absolute atomic E-state index is 0.0287. The number of rotatable bonds is 6. The van der Waals surface area contributed by atoms with Gasteiger partial charge in [0.15, 0.2) is 0 Å². The first kappa shape index (κ1) is 19.7. The number of anilines is 2. The molecule has 4 aromatic rings. The monoisotopic (exact) mass is 435 g/mol. The first-order valence-corrected chi connectivity index (χ1v) is 11.1. The number of hydrogen-bond donors (Lipinski definition) is 1. The number of nitrogens with one attached hydrogen (secondary N) is 1. The van der Waals surface area contributed by atoms with Crippen molar-refractivity contribution in [1.29, 1.82) is 0 Å². The summed E-state index contributed by atoms with van der Waals surface area (Å²) in [4.78, 5) is 20.2. The number of aromatic nitrogens is 4. The Labute approximate surface area is 182 Å². The molecule has 0 radical (unpaired) electrons. The van der Waals surface area contributed by atoms with Crippen LogP contribution in [0.15, 0.2) is 54.1 Å². The molecule has 0 bridgehead atoms. The zero-order valence-electron chi connectivity index (χ0n) is 17.0. The van der Waals surface area contributed by atoms with Gasteiger partial charge in [0.2, 0.25) is 5.95 Å². The van der Waals surface area contributed by atoms with Crippen LogP contribution in [0.4, 0.5) is 16.0 Å². The van der Waals surface area contributed by atoms with E-state index in [2.05, 4.69) is 17.0 Å². The molecule has 158 valence electrons. The normalized spacial score (nSPS) is 13.3. The maximum Gasteiger partial charge on any atom is 0.264 e.